The molecule has 4 aliphatic carbocycles. The summed E-state index contributed by atoms with van der Waals surface area (Å²) in [5.41, 5.74) is 2.27. The third kappa shape index (κ3) is 1.99. The van der Waals surface area contributed by atoms with Gasteiger partial charge in [0, 0.05) is 6.61 Å². The molecule has 0 unspecified atom stereocenters. The standard InChI is InChI=1S/C20H32O/c1-13-11-14-5-3-4-6-16(14)17-9-10-20(2)15(12-21)7-8-18(20)19(13)17/h5,13,15-19,21H,3-4,6-12H2,1-2H3/t13-,15+,16+,17-,18-,19-,20-/m1/s1. The molecule has 21 heavy (non-hydrogen) atoms. The predicted octanol–water partition coefficient (Wildman–Crippen LogP) is 4.80. The molecule has 0 saturated heterocycles. The molecule has 1 heteroatoms. The average Bonchev–Trinajstić information content (AvgIpc) is 2.83. The van der Waals surface area contributed by atoms with Crippen LogP contribution >= 0.6 is 0 Å². The first-order valence-electron chi connectivity index (χ1n) is 9.45. The second-order valence-corrected chi connectivity index (χ2v) is 8.85. The van der Waals surface area contributed by atoms with Crippen LogP contribution in [-0.4, -0.2) is 11.7 Å². The van der Waals surface area contributed by atoms with E-state index in [9.17, 15) is 5.11 Å². The van der Waals surface area contributed by atoms with Crippen LogP contribution in [0.3, 0.4) is 0 Å². The van der Waals surface area contributed by atoms with Crippen molar-refractivity contribution in [3.8, 4) is 0 Å². The number of rotatable bonds is 1. The van der Waals surface area contributed by atoms with Gasteiger partial charge in [-0.2, -0.15) is 0 Å². The van der Waals surface area contributed by atoms with E-state index < -0.39 is 0 Å². The summed E-state index contributed by atoms with van der Waals surface area (Å²) in [5, 5.41) is 9.81. The van der Waals surface area contributed by atoms with Crippen LogP contribution in [0.2, 0.25) is 0 Å². The van der Waals surface area contributed by atoms with Crippen LogP contribution in [-0.2, 0) is 0 Å². The van der Waals surface area contributed by atoms with E-state index in [4.69, 9.17) is 0 Å². The maximum atomic E-state index is 9.81. The third-order valence-corrected chi connectivity index (χ3v) is 8.14. The molecule has 3 saturated carbocycles. The SMILES string of the molecule is C[C@@H]1CC2=CCCC[C@@H]2[C@H]2CC[C@]3(C)[C@H](CO)CC[C@@H]3[C@@H]21. The van der Waals surface area contributed by atoms with Gasteiger partial charge < -0.3 is 5.11 Å². The number of hydrogen-bond donors (Lipinski definition) is 1. The van der Waals surface area contributed by atoms with Crippen LogP contribution in [0.1, 0.15) is 65.2 Å². The lowest BCUT2D eigenvalue weighted by Gasteiger charge is -2.56. The summed E-state index contributed by atoms with van der Waals surface area (Å²) >= 11 is 0. The van der Waals surface area contributed by atoms with Gasteiger partial charge in [0.25, 0.3) is 0 Å². The fourth-order valence-corrected chi connectivity index (χ4v) is 7.11. The van der Waals surface area contributed by atoms with E-state index in [1.54, 1.807) is 0 Å². The van der Waals surface area contributed by atoms with Crippen molar-refractivity contribution in [2.24, 2.45) is 40.9 Å². The Kier molecular flexibility index (Phi) is 3.48. The molecule has 0 aromatic rings. The summed E-state index contributed by atoms with van der Waals surface area (Å²) in [5.74, 6) is 5.19. The summed E-state index contributed by atoms with van der Waals surface area (Å²) < 4.78 is 0. The smallest absolute Gasteiger partial charge is 0.0464 e. The van der Waals surface area contributed by atoms with Gasteiger partial charge in [-0.3, -0.25) is 0 Å². The number of allylic oxidation sites excluding steroid dienone is 2. The van der Waals surface area contributed by atoms with E-state index in [0.717, 1.165) is 29.6 Å². The van der Waals surface area contributed by atoms with Crippen molar-refractivity contribution in [3.63, 3.8) is 0 Å². The van der Waals surface area contributed by atoms with Crippen molar-refractivity contribution in [2.75, 3.05) is 6.61 Å². The minimum absolute atomic E-state index is 0.424. The van der Waals surface area contributed by atoms with Crippen molar-refractivity contribution in [1.82, 2.24) is 0 Å². The minimum atomic E-state index is 0.424. The molecular weight excluding hydrogens is 256 g/mol. The van der Waals surface area contributed by atoms with Gasteiger partial charge in [-0.1, -0.05) is 25.5 Å². The van der Waals surface area contributed by atoms with Crippen molar-refractivity contribution in [1.29, 1.82) is 0 Å². The zero-order valence-corrected chi connectivity index (χ0v) is 13.9. The first kappa shape index (κ1) is 14.3. The number of fused-ring (bicyclic) bond motifs is 5. The van der Waals surface area contributed by atoms with Crippen LogP contribution in [0.25, 0.3) is 0 Å². The lowest BCUT2D eigenvalue weighted by molar-refractivity contribution is -0.0537. The summed E-state index contributed by atoms with van der Waals surface area (Å²) in [6, 6.07) is 0. The van der Waals surface area contributed by atoms with Crippen LogP contribution < -0.4 is 0 Å². The minimum Gasteiger partial charge on any atom is -0.396 e. The molecule has 1 nitrogen and oxygen atoms in total. The Balaban J connectivity index is 1.66. The van der Waals surface area contributed by atoms with Gasteiger partial charge in [0.15, 0.2) is 0 Å². The van der Waals surface area contributed by atoms with Crippen LogP contribution in [0, 0.1) is 40.9 Å². The third-order valence-electron chi connectivity index (χ3n) is 8.14. The van der Waals surface area contributed by atoms with E-state index in [0.29, 0.717) is 17.9 Å². The highest BCUT2D eigenvalue weighted by atomic mass is 16.3. The zero-order valence-electron chi connectivity index (χ0n) is 13.9. The highest BCUT2D eigenvalue weighted by Crippen LogP contribution is 2.64. The normalized spacial score (nSPS) is 52.6. The summed E-state index contributed by atoms with van der Waals surface area (Å²) in [6.45, 7) is 5.47. The van der Waals surface area contributed by atoms with E-state index in [2.05, 4.69) is 19.9 Å². The number of aliphatic hydroxyl groups is 1. The van der Waals surface area contributed by atoms with Crippen molar-refractivity contribution < 1.29 is 5.11 Å². The van der Waals surface area contributed by atoms with Gasteiger partial charge in [0.2, 0.25) is 0 Å². The van der Waals surface area contributed by atoms with Crippen LogP contribution in [0.4, 0.5) is 0 Å². The Bertz CT molecular complexity index is 439. The van der Waals surface area contributed by atoms with Gasteiger partial charge in [0.1, 0.15) is 0 Å². The molecule has 1 N–H and O–H groups in total. The maximum Gasteiger partial charge on any atom is 0.0464 e. The second-order valence-electron chi connectivity index (χ2n) is 8.85. The highest BCUT2D eigenvalue weighted by Gasteiger charge is 2.57. The summed E-state index contributed by atoms with van der Waals surface area (Å²) in [6.07, 6.45) is 13.7. The van der Waals surface area contributed by atoms with E-state index >= 15 is 0 Å². The molecule has 0 heterocycles. The molecule has 0 spiro atoms. The Hall–Kier alpha value is -0.300. The van der Waals surface area contributed by atoms with Crippen LogP contribution in [0.15, 0.2) is 11.6 Å². The van der Waals surface area contributed by atoms with Gasteiger partial charge >= 0.3 is 0 Å². The van der Waals surface area contributed by atoms with Crippen LogP contribution in [0.5, 0.6) is 0 Å². The Morgan fingerprint density at radius 1 is 1.24 bits per heavy atom. The Morgan fingerprint density at radius 3 is 2.90 bits per heavy atom. The van der Waals surface area contributed by atoms with Gasteiger partial charge in [-0.15, -0.1) is 0 Å². The van der Waals surface area contributed by atoms with E-state index in [1.165, 1.54) is 51.4 Å². The maximum absolute atomic E-state index is 9.81. The van der Waals surface area contributed by atoms with Gasteiger partial charge in [0.05, 0.1) is 0 Å². The summed E-state index contributed by atoms with van der Waals surface area (Å²) in [7, 11) is 0. The molecule has 0 radical (unpaired) electrons. The highest BCUT2D eigenvalue weighted by molar-refractivity contribution is 5.19. The Morgan fingerprint density at radius 2 is 2.10 bits per heavy atom. The first-order valence-corrected chi connectivity index (χ1v) is 9.45. The molecule has 3 fully saturated rings. The van der Waals surface area contributed by atoms with E-state index in [-0.39, 0.29) is 0 Å². The molecule has 0 amide bonds. The Labute approximate surface area is 130 Å². The molecular formula is C20H32O. The first-order chi connectivity index (χ1) is 10.1. The van der Waals surface area contributed by atoms with E-state index in [1.807, 2.05) is 5.57 Å². The molecule has 118 valence electrons. The zero-order chi connectivity index (χ0) is 14.6. The topological polar surface area (TPSA) is 20.2 Å². The molecule has 4 aliphatic rings. The average molecular weight is 288 g/mol. The lowest BCUT2D eigenvalue weighted by atomic mass is 9.49. The van der Waals surface area contributed by atoms with Crippen molar-refractivity contribution in [3.05, 3.63) is 11.6 Å². The molecule has 0 bridgehead atoms. The fraction of sp³-hybridized carbons (Fsp3) is 0.900. The van der Waals surface area contributed by atoms with Crippen molar-refractivity contribution >= 4 is 0 Å². The molecule has 7 atom stereocenters. The monoisotopic (exact) mass is 288 g/mol. The molecule has 0 aromatic heterocycles. The molecule has 0 aliphatic heterocycles. The number of hydrogen-bond acceptors (Lipinski definition) is 1. The predicted molar refractivity (Wildman–Crippen MR) is 86.8 cm³/mol. The largest absolute Gasteiger partial charge is 0.396 e. The van der Waals surface area contributed by atoms with Gasteiger partial charge in [-0.05, 0) is 92.3 Å². The molecule has 4 rings (SSSR count). The number of aliphatic hydroxyl groups excluding tert-OH is 1. The van der Waals surface area contributed by atoms with Crippen molar-refractivity contribution in [2.45, 2.75) is 65.2 Å². The second kappa shape index (κ2) is 5.11. The fourth-order valence-electron chi connectivity index (χ4n) is 7.11. The quantitative estimate of drug-likeness (QED) is 0.687. The summed E-state index contributed by atoms with van der Waals surface area (Å²) in [4.78, 5) is 0. The molecule has 0 aromatic carbocycles. The lowest BCUT2D eigenvalue weighted by Crippen LogP contribution is -2.49. The van der Waals surface area contributed by atoms with Gasteiger partial charge in [-0.25, -0.2) is 0 Å².